The van der Waals surface area contributed by atoms with E-state index in [1.807, 2.05) is 0 Å². The molecule has 1 aromatic carbocycles. The predicted molar refractivity (Wildman–Crippen MR) is 56.1 cm³/mol. The van der Waals surface area contributed by atoms with Crippen LogP contribution in [0, 0.1) is 5.82 Å². The third kappa shape index (κ3) is 2.05. The summed E-state index contributed by atoms with van der Waals surface area (Å²) >= 11 is 0. The van der Waals surface area contributed by atoms with Gasteiger partial charge in [0.2, 0.25) is 6.41 Å². The molecule has 4 heteroatoms. The first-order valence-corrected chi connectivity index (χ1v) is 5.28. The first kappa shape index (κ1) is 11.0. The Morgan fingerprint density at radius 3 is 2.25 bits per heavy atom. The lowest BCUT2D eigenvalue weighted by molar-refractivity contribution is -0.120. The Hall–Kier alpha value is -1.45. The van der Waals surface area contributed by atoms with Crippen LogP contribution in [0.3, 0.4) is 0 Å². The number of hydrogen-bond donors (Lipinski definition) is 0. The van der Waals surface area contributed by atoms with E-state index < -0.39 is 5.67 Å². The summed E-state index contributed by atoms with van der Waals surface area (Å²) in [7, 11) is 0. The molecule has 1 fully saturated rings. The van der Waals surface area contributed by atoms with Gasteiger partial charge in [-0.15, -0.1) is 0 Å². The van der Waals surface area contributed by atoms with E-state index in [0.717, 1.165) is 6.41 Å². The highest BCUT2D eigenvalue weighted by Gasteiger charge is 2.35. The highest BCUT2D eigenvalue weighted by atomic mass is 19.1. The molecule has 1 aliphatic heterocycles. The summed E-state index contributed by atoms with van der Waals surface area (Å²) in [6.45, 7) is 0.828. The number of benzene rings is 1. The molecule has 16 heavy (non-hydrogen) atoms. The Labute approximate surface area is 92.9 Å². The Morgan fingerprint density at radius 2 is 1.75 bits per heavy atom. The molecule has 86 valence electrons. The van der Waals surface area contributed by atoms with Crippen molar-refractivity contribution in [2.75, 3.05) is 13.1 Å². The second-order valence-corrected chi connectivity index (χ2v) is 4.11. The van der Waals surface area contributed by atoms with E-state index in [4.69, 9.17) is 0 Å². The van der Waals surface area contributed by atoms with Crippen LogP contribution < -0.4 is 0 Å². The summed E-state index contributed by atoms with van der Waals surface area (Å²) in [5.74, 6) is -0.363. The van der Waals surface area contributed by atoms with Crippen LogP contribution in [0.2, 0.25) is 0 Å². The molecule has 1 amide bonds. The molecule has 2 nitrogen and oxygen atoms in total. The molecule has 0 unspecified atom stereocenters. The van der Waals surface area contributed by atoms with Gasteiger partial charge in [0, 0.05) is 25.9 Å². The van der Waals surface area contributed by atoms with E-state index in [1.54, 1.807) is 4.90 Å². The van der Waals surface area contributed by atoms with Crippen molar-refractivity contribution in [3.8, 4) is 0 Å². The number of amides is 1. The third-order valence-corrected chi connectivity index (χ3v) is 3.10. The maximum Gasteiger partial charge on any atom is 0.209 e. The summed E-state index contributed by atoms with van der Waals surface area (Å²) in [6.07, 6.45) is 1.29. The molecule has 0 aliphatic carbocycles. The van der Waals surface area contributed by atoms with Gasteiger partial charge in [-0.2, -0.15) is 0 Å². The predicted octanol–water partition coefficient (Wildman–Crippen LogP) is 2.24. The quantitative estimate of drug-likeness (QED) is 0.707. The summed E-state index contributed by atoms with van der Waals surface area (Å²) in [5, 5.41) is 0. The van der Waals surface area contributed by atoms with Gasteiger partial charge in [-0.1, -0.05) is 12.1 Å². The molecule has 0 atom stereocenters. The van der Waals surface area contributed by atoms with Crippen molar-refractivity contribution < 1.29 is 13.6 Å². The number of carbonyl (C=O) groups is 1. The number of rotatable bonds is 2. The molecule has 1 aromatic rings. The van der Waals surface area contributed by atoms with Crippen LogP contribution in [0.4, 0.5) is 8.78 Å². The molecular weight excluding hydrogens is 212 g/mol. The van der Waals surface area contributed by atoms with Crippen LogP contribution in [0.15, 0.2) is 24.3 Å². The van der Waals surface area contributed by atoms with Crippen molar-refractivity contribution in [3.05, 3.63) is 35.6 Å². The minimum absolute atomic E-state index is 0.275. The normalized spacial score (nSPS) is 19.5. The van der Waals surface area contributed by atoms with Crippen LogP contribution >= 0.6 is 0 Å². The fourth-order valence-corrected chi connectivity index (χ4v) is 2.02. The fraction of sp³-hybridized carbons (Fsp3) is 0.417. The van der Waals surface area contributed by atoms with E-state index in [1.165, 1.54) is 24.3 Å². The van der Waals surface area contributed by atoms with Gasteiger partial charge in [0.15, 0.2) is 0 Å². The van der Waals surface area contributed by atoms with Crippen molar-refractivity contribution in [2.24, 2.45) is 0 Å². The van der Waals surface area contributed by atoms with Crippen molar-refractivity contribution in [1.29, 1.82) is 0 Å². The second kappa shape index (κ2) is 4.20. The zero-order chi connectivity index (χ0) is 11.6. The van der Waals surface area contributed by atoms with Gasteiger partial charge >= 0.3 is 0 Å². The van der Waals surface area contributed by atoms with E-state index in [0.29, 0.717) is 18.7 Å². The molecule has 0 N–H and O–H groups in total. The van der Waals surface area contributed by atoms with Gasteiger partial charge in [0.25, 0.3) is 0 Å². The van der Waals surface area contributed by atoms with Gasteiger partial charge in [0.1, 0.15) is 11.5 Å². The van der Waals surface area contributed by atoms with Gasteiger partial charge in [-0.05, 0) is 17.7 Å². The van der Waals surface area contributed by atoms with Crippen LogP contribution in [0.25, 0.3) is 0 Å². The van der Waals surface area contributed by atoms with E-state index in [-0.39, 0.29) is 18.7 Å². The van der Waals surface area contributed by atoms with Gasteiger partial charge < -0.3 is 4.90 Å². The van der Waals surface area contributed by atoms with Crippen LogP contribution in [0.5, 0.6) is 0 Å². The number of hydrogen-bond acceptors (Lipinski definition) is 1. The maximum atomic E-state index is 14.5. The van der Waals surface area contributed by atoms with Crippen molar-refractivity contribution in [1.82, 2.24) is 4.90 Å². The zero-order valence-electron chi connectivity index (χ0n) is 8.83. The molecule has 2 rings (SSSR count). The Morgan fingerprint density at radius 1 is 1.19 bits per heavy atom. The van der Waals surface area contributed by atoms with Gasteiger partial charge in [-0.3, -0.25) is 4.79 Å². The lowest BCUT2D eigenvalue weighted by atomic mass is 9.86. The monoisotopic (exact) mass is 225 g/mol. The lowest BCUT2D eigenvalue weighted by Gasteiger charge is -2.34. The number of carbonyl (C=O) groups excluding carboxylic acids is 1. The van der Waals surface area contributed by atoms with Crippen molar-refractivity contribution in [3.63, 3.8) is 0 Å². The van der Waals surface area contributed by atoms with Gasteiger partial charge in [-0.25, -0.2) is 8.78 Å². The van der Waals surface area contributed by atoms with E-state index in [9.17, 15) is 13.6 Å². The standard InChI is InChI=1S/C12H13F2NO/c13-11-3-1-10(2-4-11)12(14)5-7-15(9-16)8-6-12/h1-4,9H,5-8H2. The summed E-state index contributed by atoms with van der Waals surface area (Å²) in [5.41, 5.74) is -0.924. The zero-order valence-corrected chi connectivity index (χ0v) is 8.83. The molecule has 0 saturated carbocycles. The van der Waals surface area contributed by atoms with Gasteiger partial charge in [0.05, 0.1) is 0 Å². The number of halogens is 2. The number of piperidine rings is 1. The Kier molecular flexibility index (Phi) is 2.90. The molecule has 1 aliphatic rings. The second-order valence-electron chi connectivity index (χ2n) is 4.11. The molecular formula is C12H13F2NO. The van der Waals surface area contributed by atoms with Crippen molar-refractivity contribution in [2.45, 2.75) is 18.5 Å². The van der Waals surface area contributed by atoms with E-state index >= 15 is 0 Å². The largest absolute Gasteiger partial charge is 0.345 e. The third-order valence-electron chi connectivity index (χ3n) is 3.10. The van der Waals surface area contributed by atoms with Crippen LogP contribution in [-0.4, -0.2) is 24.4 Å². The molecule has 0 aromatic heterocycles. The maximum absolute atomic E-state index is 14.5. The Bertz CT molecular complexity index is 369. The number of alkyl halides is 1. The minimum atomic E-state index is -1.42. The topological polar surface area (TPSA) is 20.3 Å². The SMILES string of the molecule is O=CN1CCC(F)(c2ccc(F)cc2)CC1. The average molecular weight is 225 g/mol. The number of nitrogens with zero attached hydrogens (tertiary/aromatic N) is 1. The summed E-state index contributed by atoms with van der Waals surface area (Å²) in [6, 6.07) is 5.49. The summed E-state index contributed by atoms with van der Waals surface area (Å²) < 4.78 is 27.2. The molecule has 0 spiro atoms. The first-order valence-electron chi connectivity index (χ1n) is 5.28. The molecule has 1 saturated heterocycles. The molecule has 0 radical (unpaired) electrons. The van der Waals surface area contributed by atoms with Crippen molar-refractivity contribution >= 4 is 6.41 Å². The average Bonchev–Trinajstić information content (AvgIpc) is 2.31. The highest BCUT2D eigenvalue weighted by Crippen LogP contribution is 2.36. The smallest absolute Gasteiger partial charge is 0.209 e. The van der Waals surface area contributed by atoms with E-state index in [2.05, 4.69) is 0 Å². The minimum Gasteiger partial charge on any atom is -0.345 e. The summed E-state index contributed by atoms with van der Waals surface area (Å²) in [4.78, 5) is 12.1. The lowest BCUT2D eigenvalue weighted by Crippen LogP contribution is -2.39. The highest BCUT2D eigenvalue weighted by molar-refractivity contribution is 5.47. The van der Waals surface area contributed by atoms with Crippen LogP contribution in [-0.2, 0) is 10.5 Å². The van der Waals surface area contributed by atoms with Crippen LogP contribution in [0.1, 0.15) is 18.4 Å². The Balaban J connectivity index is 2.14. The molecule has 0 bridgehead atoms. The molecule has 1 heterocycles. The fourth-order valence-electron chi connectivity index (χ4n) is 2.02. The first-order chi connectivity index (χ1) is 7.64. The number of likely N-dealkylation sites (tertiary alicyclic amines) is 1.